The van der Waals surface area contributed by atoms with E-state index >= 15 is 0 Å². The first-order chi connectivity index (χ1) is 7.30. The van der Waals surface area contributed by atoms with Crippen LogP contribution < -0.4 is 5.32 Å². The Labute approximate surface area is 101 Å². The van der Waals surface area contributed by atoms with E-state index in [-0.39, 0.29) is 0 Å². The Morgan fingerprint density at radius 1 is 1.62 bits per heavy atom. The van der Waals surface area contributed by atoms with E-state index in [4.69, 9.17) is 16.6 Å². The topological polar surface area (TPSA) is 62.2 Å². The Morgan fingerprint density at radius 3 is 2.56 bits per heavy atom. The van der Waals surface area contributed by atoms with E-state index < -0.39 is 17.7 Å². The molecule has 0 aliphatic heterocycles. The van der Waals surface area contributed by atoms with Crippen molar-refractivity contribution in [2.75, 3.05) is 6.26 Å². The molecular weight excluding hydrogens is 224 g/mol. The van der Waals surface area contributed by atoms with Gasteiger partial charge in [0, 0.05) is 6.42 Å². The van der Waals surface area contributed by atoms with Gasteiger partial charge in [0.1, 0.15) is 5.60 Å². The molecule has 90 valence electrons. The zero-order chi connectivity index (χ0) is 12.8. The van der Waals surface area contributed by atoms with Crippen LogP contribution in [-0.2, 0) is 4.74 Å². The molecule has 4 nitrogen and oxygen atoms in total. The van der Waals surface area contributed by atoms with Crippen LogP contribution >= 0.6 is 11.8 Å². The van der Waals surface area contributed by atoms with Gasteiger partial charge in [0.25, 0.3) is 0 Å². The minimum atomic E-state index is -0.549. The maximum atomic E-state index is 11.5. The summed E-state index contributed by atoms with van der Waals surface area (Å²) in [4.78, 5) is 11.5. The number of thioether (sulfide) groups is 1. The van der Waals surface area contributed by atoms with E-state index in [1.165, 1.54) is 11.8 Å². The van der Waals surface area contributed by atoms with Crippen molar-refractivity contribution in [2.24, 2.45) is 0 Å². The van der Waals surface area contributed by atoms with Crippen molar-refractivity contribution in [3.63, 3.8) is 0 Å². The fraction of sp³-hybridized carbons (Fsp3) is 0.636. The summed E-state index contributed by atoms with van der Waals surface area (Å²) in [7, 11) is 0. The highest BCUT2D eigenvalue weighted by molar-refractivity contribution is 8.13. The average molecular weight is 242 g/mol. The number of carbonyl (C=O) groups is 1. The summed E-state index contributed by atoms with van der Waals surface area (Å²) < 4.78 is 5.08. The number of terminal acetylenes is 1. The first-order valence-corrected chi connectivity index (χ1v) is 6.08. The lowest BCUT2D eigenvalue weighted by Gasteiger charge is -2.22. The summed E-state index contributed by atoms with van der Waals surface area (Å²) in [6.45, 7) is 5.34. The van der Waals surface area contributed by atoms with Crippen molar-refractivity contribution in [3.8, 4) is 12.3 Å². The fourth-order valence-electron chi connectivity index (χ4n) is 0.919. The highest BCUT2D eigenvalue weighted by Crippen LogP contribution is 2.09. The predicted octanol–water partition coefficient (Wildman–Crippen LogP) is 2.24. The van der Waals surface area contributed by atoms with Crippen LogP contribution in [0.4, 0.5) is 4.79 Å². The van der Waals surface area contributed by atoms with Gasteiger partial charge in [-0.15, -0.1) is 24.1 Å². The highest BCUT2D eigenvalue weighted by Gasteiger charge is 2.21. The number of nitrogens with one attached hydrogen (secondary N) is 2. The summed E-state index contributed by atoms with van der Waals surface area (Å²) in [5, 5.41) is 10.5. The standard InChI is InChI=1S/C11H18N2O2S/c1-6-7-8(9(12)16-5)13-10(14)15-11(2,3)4/h1,8,12H,7H2,2-5H3,(H,13,14). The number of alkyl carbamates (subject to hydrolysis) is 1. The van der Waals surface area contributed by atoms with Gasteiger partial charge in [-0.2, -0.15) is 0 Å². The number of carbonyl (C=O) groups excluding carboxylic acids is 1. The molecule has 2 N–H and O–H groups in total. The molecule has 0 aromatic rings. The van der Waals surface area contributed by atoms with Gasteiger partial charge in [-0.05, 0) is 27.0 Å². The molecule has 0 aromatic carbocycles. The lowest BCUT2D eigenvalue weighted by molar-refractivity contribution is 0.0519. The summed E-state index contributed by atoms with van der Waals surface area (Å²) in [6.07, 6.45) is 6.68. The average Bonchev–Trinajstić information content (AvgIpc) is 2.13. The Balaban J connectivity index is 4.36. The molecular formula is C11H18N2O2S. The minimum absolute atomic E-state index is 0.291. The van der Waals surface area contributed by atoms with Crippen LogP contribution in [0.15, 0.2) is 0 Å². The van der Waals surface area contributed by atoms with Crippen molar-refractivity contribution < 1.29 is 9.53 Å². The second-order valence-electron chi connectivity index (χ2n) is 4.18. The predicted molar refractivity (Wildman–Crippen MR) is 67.8 cm³/mol. The summed E-state index contributed by atoms with van der Waals surface area (Å²) >= 11 is 1.25. The van der Waals surface area contributed by atoms with Gasteiger partial charge in [0.05, 0.1) is 11.1 Å². The van der Waals surface area contributed by atoms with E-state index in [1.54, 1.807) is 27.0 Å². The van der Waals surface area contributed by atoms with Crippen molar-refractivity contribution in [2.45, 2.75) is 38.8 Å². The fourth-order valence-corrected chi connectivity index (χ4v) is 1.35. The molecule has 5 heteroatoms. The van der Waals surface area contributed by atoms with Crippen molar-refractivity contribution in [3.05, 3.63) is 0 Å². The molecule has 0 fully saturated rings. The van der Waals surface area contributed by atoms with E-state index in [1.807, 2.05) is 0 Å². The molecule has 0 heterocycles. The number of ether oxygens (including phenoxy) is 1. The normalized spacial score (nSPS) is 12.4. The molecule has 0 bridgehead atoms. The molecule has 0 aliphatic carbocycles. The molecule has 16 heavy (non-hydrogen) atoms. The summed E-state index contributed by atoms with van der Waals surface area (Å²) in [5.41, 5.74) is -0.549. The lowest BCUT2D eigenvalue weighted by atomic mass is 10.2. The van der Waals surface area contributed by atoms with Crippen LogP contribution in [-0.4, -0.2) is 29.0 Å². The molecule has 0 aliphatic rings. The largest absolute Gasteiger partial charge is 0.444 e. The Kier molecular flexibility index (Phi) is 5.97. The first kappa shape index (κ1) is 14.8. The molecule has 1 atom stereocenters. The minimum Gasteiger partial charge on any atom is -0.444 e. The summed E-state index contributed by atoms with van der Waals surface area (Å²) in [5.74, 6) is 2.43. The third-order valence-corrected chi connectivity index (χ3v) is 2.27. The first-order valence-electron chi connectivity index (χ1n) is 4.85. The van der Waals surface area contributed by atoms with Crippen LogP contribution in [0.25, 0.3) is 0 Å². The third-order valence-electron chi connectivity index (χ3n) is 1.55. The monoisotopic (exact) mass is 242 g/mol. The van der Waals surface area contributed by atoms with Crippen LogP contribution in [0.5, 0.6) is 0 Å². The Morgan fingerprint density at radius 2 is 2.19 bits per heavy atom. The van der Waals surface area contributed by atoms with Crippen LogP contribution in [0, 0.1) is 17.8 Å². The third kappa shape index (κ3) is 6.36. The molecule has 0 rings (SSSR count). The van der Waals surface area contributed by atoms with Gasteiger partial charge in [-0.3, -0.25) is 5.41 Å². The van der Waals surface area contributed by atoms with Gasteiger partial charge in [0.15, 0.2) is 0 Å². The van der Waals surface area contributed by atoms with Crippen molar-refractivity contribution >= 4 is 22.9 Å². The van der Waals surface area contributed by atoms with Gasteiger partial charge in [-0.1, -0.05) is 0 Å². The molecule has 1 unspecified atom stereocenters. The van der Waals surface area contributed by atoms with Crippen LogP contribution in [0.1, 0.15) is 27.2 Å². The maximum Gasteiger partial charge on any atom is 0.408 e. The number of hydrogen-bond donors (Lipinski definition) is 2. The summed E-state index contributed by atoms with van der Waals surface area (Å²) in [6, 6.07) is -0.463. The molecule has 0 radical (unpaired) electrons. The molecule has 0 spiro atoms. The molecule has 0 aromatic heterocycles. The van der Waals surface area contributed by atoms with E-state index in [0.29, 0.717) is 11.5 Å². The van der Waals surface area contributed by atoms with Gasteiger partial charge >= 0.3 is 6.09 Å². The molecule has 1 amide bonds. The second-order valence-corrected chi connectivity index (χ2v) is 5.02. The smallest absolute Gasteiger partial charge is 0.408 e. The number of rotatable bonds is 3. The van der Waals surface area contributed by atoms with Gasteiger partial charge in [0.2, 0.25) is 0 Å². The Bertz CT molecular complexity index is 302. The maximum absolute atomic E-state index is 11.5. The quantitative estimate of drug-likeness (QED) is 0.453. The zero-order valence-corrected chi connectivity index (χ0v) is 10.9. The Hall–Kier alpha value is -1.15. The SMILES string of the molecule is C#CCC(NC(=O)OC(C)(C)C)C(=N)SC. The van der Waals surface area contributed by atoms with E-state index in [2.05, 4.69) is 11.2 Å². The van der Waals surface area contributed by atoms with Gasteiger partial charge in [-0.25, -0.2) is 4.79 Å². The number of amides is 1. The highest BCUT2D eigenvalue weighted by atomic mass is 32.2. The zero-order valence-electron chi connectivity index (χ0n) is 10.1. The molecule has 0 saturated carbocycles. The second kappa shape index (κ2) is 6.44. The van der Waals surface area contributed by atoms with Crippen molar-refractivity contribution in [1.29, 1.82) is 5.41 Å². The van der Waals surface area contributed by atoms with Crippen LogP contribution in [0.3, 0.4) is 0 Å². The number of hydrogen-bond acceptors (Lipinski definition) is 4. The lowest BCUT2D eigenvalue weighted by Crippen LogP contribution is -2.42. The van der Waals surface area contributed by atoms with Gasteiger partial charge < -0.3 is 10.1 Å². The van der Waals surface area contributed by atoms with Crippen molar-refractivity contribution in [1.82, 2.24) is 5.32 Å². The van der Waals surface area contributed by atoms with E-state index in [9.17, 15) is 4.79 Å². The van der Waals surface area contributed by atoms with E-state index in [0.717, 1.165) is 0 Å². The molecule has 0 saturated heterocycles. The van der Waals surface area contributed by atoms with Crippen LogP contribution in [0.2, 0.25) is 0 Å².